The van der Waals surface area contributed by atoms with Gasteiger partial charge in [-0.3, -0.25) is 4.79 Å². The van der Waals surface area contributed by atoms with Crippen molar-refractivity contribution in [1.29, 1.82) is 0 Å². The summed E-state index contributed by atoms with van der Waals surface area (Å²) < 4.78 is 34.1. The average molecular weight is 1250 g/mol. The summed E-state index contributed by atoms with van der Waals surface area (Å²) >= 11 is 0. The van der Waals surface area contributed by atoms with Crippen LogP contribution in [-0.2, 0) is 33.2 Å². The molecule has 3 rings (SSSR count). The van der Waals surface area contributed by atoms with Crippen LogP contribution in [0, 0.1) is 0 Å². The molecule has 3 fully saturated rings. The first-order valence-electron chi connectivity index (χ1n) is 34.5. The molecule has 0 aromatic carbocycles. The standard InChI is InChI=1S/C69H123NO18/c1-3-5-7-9-11-12-13-14-15-16-17-18-19-20-21-22-23-24-25-26-27-28-29-30-31-32-33-34-35-36-37-38-39-40-41-43-45-47-57(75)70-52(53(74)46-44-42-10-8-6-4-2)51-83-67-63(81)60(78)65(55(49-72)85-67)88-69-64(82)61(79)66(56(50-73)86-69)87-68-62(80)59(77)58(76)54(48-71)84-68/h5,7,11-12,14-15,17-18,44,46,52-56,58-69,71-74,76-82H,3-4,6,8-10,13,16,19-43,45,47-51H2,1-2H3,(H,70,75)/b7-5-,12-11-,15-14-,18-17-,46-44+. The van der Waals surface area contributed by atoms with Crippen LogP contribution in [0.25, 0.3) is 0 Å². The number of amides is 1. The Labute approximate surface area is 528 Å². The van der Waals surface area contributed by atoms with Crippen LogP contribution in [-0.4, -0.2) is 193 Å². The van der Waals surface area contributed by atoms with Gasteiger partial charge in [-0.05, 0) is 57.8 Å². The predicted molar refractivity (Wildman–Crippen MR) is 342 cm³/mol. The lowest BCUT2D eigenvalue weighted by Gasteiger charge is -2.48. The van der Waals surface area contributed by atoms with Gasteiger partial charge in [-0.15, -0.1) is 0 Å². The van der Waals surface area contributed by atoms with Gasteiger partial charge in [0.15, 0.2) is 18.9 Å². The number of nitrogens with one attached hydrogen (secondary N) is 1. The Morgan fingerprint density at radius 2 is 0.784 bits per heavy atom. The lowest BCUT2D eigenvalue weighted by atomic mass is 9.96. The van der Waals surface area contributed by atoms with Gasteiger partial charge in [0, 0.05) is 6.42 Å². The summed E-state index contributed by atoms with van der Waals surface area (Å²) in [6.45, 7) is 1.52. The lowest BCUT2D eigenvalue weighted by molar-refractivity contribution is -0.379. The number of aliphatic hydroxyl groups is 11. The molecule has 0 saturated carbocycles. The number of hydrogen-bond acceptors (Lipinski definition) is 18. The number of hydrogen-bond donors (Lipinski definition) is 12. The molecule has 19 heteroatoms. The molecule has 12 N–H and O–H groups in total. The molecule has 3 aliphatic rings. The van der Waals surface area contributed by atoms with E-state index in [2.05, 4.69) is 67.8 Å². The van der Waals surface area contributed by atoms with Crippen molar-refractivity contribution < 1.29 is 89.4 Å². The first kappa shape index (κ1) is 79.7. The number of allylic oxidation sites excluding steroid dienone is 9. The quantitative estimate of drug-likeness (QED) is 0.0200. The molecule has 0 aliphatic carbocycles. The Kier molecular flexibility index (Phi) is 46.2. The molecule has 3 saturated heterocycles. The third-order valence-electron chi connectivity index (χ3n) is 17.1. The molecular formula is C69H123NO18. The van der Waals surface area contributed by atoms with Crippen LogP contribution in [0.1, 0.15) is 239 Å². The normalized spacial score (nSPS) is 28.8. The van der Waals surface area contributed by atoms with Crippen LogP contribution < -0.4 is 5.32 Å². The maximum Gasteiger partial charge on any atom is 0.220 e. The summed E-state index contributed by atoms with van der Waals surface area (Å²) in [5, 5.41) is 120. The van der Waals surface area contributed by atoms with E-state index < -0.39 is 124 Å². The molecular weight excluding hydrogens is 1130 g/mol. The van der Waals surface area contributed by atoms with Gasteiger partial charge < -0.3 is 89.9 Å². The van der Waals surface area contributed by atoms with Gasteiger partial charge in [0.25, 0.3) is 0 Å². The molecule has 3 aliphatic heterocycles. The van der Waals surface area contributed by atoms with E-state index in [1.54, 1.807) is 6.08 Å². The summed E-state index contributed by atoms with van der Waals surface area (Å²) in [4.78, 5) is 13.3. The van der Waals surface area contributed by atoms with Crippen molar-refractivity contribution in [3.63, 3.8) is 0 Å². The van der Waals surface area contributed by atoms with Crippen molar-refractivity contribution in [3.8, 4) is 0 Å². The van der Waals surface area contributed by atoms with Crippen LogP contribution in [0.3, 0.4) is 0 Å². The number of aliphatic hydroxyl groups excluding tert-OH is 11. The second kappa shape index (κ2) is 51.0. The van der Waals surface area contributed by atoms with Crippen molar-refractivity contribution in [2.45, 2.75) is 343 Å². The Hall–Kier alpha value is -2.51. The highest BCUT2D eigenvalue weighted by atomic mass is 16.8. The van der Waals surface area contributed by atoms with Crippen molar-refractivity contribution >= 4 is 5.91 Å². The van der Waals surface area contributed by atoms with Crippen molar-refractivity contribution in [2.24, 2.45) is 0 Å². The van der Waals surface area contributed by atoms with Gasteiger partial charge in [-0.1, -0.05) is 235 Å². The number of carbonyl (C=O) groups excluding carboxylic acids is 1. The highest BCUT2D eigenvalue weighted by molar-refractivity contribution is 5.76. The van der Waals surface area contributed by atoms with Crippen LogP contribution >= 0.6 is 0 Å². The zero-order chi connectivity index (χ0) is 64.0. The van der Waals surface area contributed by atoms with Crippen LogP contribution in [0.5, 0.6) is 0 Å². The van der Waals surface area contributed by atoms with Gasteiger partial charge >= 0.3 is 0 Å². The summed E-state index contributed by atoms with van der Waals surface area (Å²) in [6, 6.07) is -0.969. The molecule has 3 heterocycles. The molecule has 17 unspecified atom stereocenters. The minimum Gasteiger partial charge on any atom is -0.394 e. The zero-order valence-electron chi connectivity index (χ0n) is 53.9. The monoisotopic (exact) mass is 1250 g/mol. The number of rotatable bonds is 52. The second-order valence-corrected chi connectivity index (χ2v) is 24.6. The fourth-order valence-electron chi connectivity index (χ4n) is 11.5. The van der Waals surface area contributed by atoms with E-state index in [0.29, 0.717) is 6.42 Å². The molecule has 0 aromatic heterocycles. The fraction of sp³-hybridized carbons (Fsp3) is 0.841. The highest BCUT2D eigenvalue weighted by Gasteiger charge is 2.53. The Morgan fingerprint density at radius 3 is 1.23 bits per heavy atom. The molecule has 0 radical (unpaired) electrons. The van der Waals surface area contributed by atoms with Crippen LogP contribution in [0.4, 0.5) is 0 Å². The van der Waals surface area contributed by atoms with Crippen molar-refractivity contribution in [2.75, 3.05) is 26.4 Å². The summed E-state index contributed by atoms with van der Waals surface area (Å²) in [7, 11) is 0. The third kappa shape index (κ3) is 32.9. The van der Waals surface area contributed by atoms with E-state index in [1.165, 1.54) is 135 Å². The van der Waals surface area contributed by atoms with Crippen molar-refractivity contribution in [1.82, 2.24) is 5.32 Å². The van der Waals surface area contributed by atoms with Crippen LogP contribution in [0.15, 0.2) is 60.8 Å². The first-order chi connectivity index (χ1) is 42.8. The van der Waals surface area contributed by atoms with E-state index in [4.69, 9.17) is 28.4 Å². The largest absolute Gasteiger partial charge is 0.394 e. The number of ether oxygens (including phenoxy) is 6. The average Bonchev–Trinajstić information content (AvgIpc) is 0.949. The molecule has 0 aromatic rings. The summed E-state index contributed by atoms with van der Waals surface area (Å²) in [6.07, 6.45) is 35.9. The van der Waals surface area contributed by atoms with Crippen LogP contribution in [0.2, 0.25) is 0 Å². The zero-order valence-corrected chi connectivity index (χ0v) is 53.9. The fourth-order valence-corrected chi connectivity index (χ4v) is 11.5. The second-order valence-electron chi connectivity index (χ2n) is 24.6. The SMILES string of the molecule is CC/C=C\C/C=C\C/C=C\C/C=C\CCCCCCCCCCCCCCCCCCCCCCCCCCC(=O)NC(COC1OC(CO)C(OC2OC(CO)C(OC3OC(CO)C(O)C(O)C3O)C(O)C2O)C(O)C1O)C(O)/C=C/CCCCCC. The maximum atomic E-state index is 13.3. The van der Waals surface area contributed by atoms with Gasteiger partial charge in [0.2, 0.25) is 5.91 Å². The Balaban J connectivity index is 1.25. The topological polar surface area (TPSA) is 307 Å². The Morgan fingerprint density at radius 1 is 0.420 bits per heavy atom. The Bertz CT molecular complexity index is 1830. The molecule has 1 amide bonds. The minimum atomic E-state index is -1.98. The smallest absolute Gasteiger partial charge is 0.220 e. The predicted octanol–water partition coefficient (Wildman–Crippen LogP) is 8.77. The summed E-state index contributed by atoms with van der Waals surface area (Å²) in [5.41, 5.74) is 0. The van der Waals surface area contributed by atoms with Gasteiger partial charge in [0.1, 0.15) is 73.2 Å². The molecule has 0 bridgehead atoms. The van der Waals surface area contributed by atoms with E-state index in [1.807, 2.05) is 6.08 Å². The number of carbonyl (C=O) groups is 1. The number of unbranched alkanes of at least 4 members (excludes halogenated alkanes) is 28. The van der Waals surface area contributed by atoms with E-state index in [9.17, 15) is 61.0 Å². The van der Waals surface area contributed by atoms with Gasteiger partial charge in [-0.2, -0.15) is 0 Å². The van der Waals surface area contributed by atoms with Gasteiger partial charge in [0.05, 0.1) is 38.6 Å². The molecule has 0 spiro atoms. The highest BCUT2D eigenvalue weighted by Crippen LogP contribution is 2.33. The third-order valence-corrected chi connectivity index (χ3v) is 17.1. The lowest BCUT2D eigenvalue weighted by Crippen LogP contribution is -2.66. The summed E-state index contributed by atoms with van der Waals surface area (Å²) in [5.74, 6) is -0.279. The molecule has 512 valence electrons. The molecule has 17 atom stereocenters. The molecule has 19 nitrogen and oxygen atoms in total. The van der Waals surface area contributed by atoms with Gasteiger partial charge in [-0.25, -0.2) is 0 Å². The van der Waals surface area contributed by atoms with E-state index in [0.717, 1.165) is 77.0 Å². The maximum absolute atomic E-state index is 13.3. The van der Waals surface area contributed by atoms with Crippen molar-refractivity contribution in [3.05, 3.63) is 60.8 Å². The minimum absolute atomic E-state index is 0.244. The van der Waals surface area contributed by atoms with E-state index >= 15 is 0 Å². The first-order valence-corrected chi connectivity index (χ1v) is 34.5. The molecule has 88 heavy (non-hydrogen) atoms. The van der Waals surface area contributed by atoms with E-state index in [-0.39, 0.29) is 18.9 Å².